The van der Waals surface area contributed by atoms with Crippen LogP contribution >= 0.6 is 47.9 Å². The van der Waals surface area contributed by atoms with E-state index in [4.69, 9.17) is 4.74 Å². The van der Waals surface area contributed by atoms with Crippen molar-refractivity contribution in [3.8, 4) is 5.75 Å². The lowest BCUT2D eigenvalue weighted by molar-refractivity contribution is -0.146. The summed E-state index contributed by atoms with van der Waals surface area (Å²) in [7, 11) is 1.61. The molecule has 1 aliphatic heterocycles. The Morgan fingerprint density at radius 2 is 2.11 bits per heavy atom. The predicted octanol–water partition coefficient (Wildman–Crippen LogP) is 5.17. The number of methoxy groups -OCH3 is 1. The normalized spacial score (nSPS) is 18.9. The molecule has 0 aliphatic carbocycles. The first-order valence-electron chi connectivity index (χ1n) is 11.1. The molecule has 3 atom stereocenters. The van der Waals surface area contributed by atoms with Gasteiger partial charge >= 0.3 is 5.97 Å². The molecule has 3 heterocycles. The molecular formula is C24H31Cl2N3O4S2. The van der Waals surface area contributed by atoms with Gasteiger partial charge in [-0.3, -0.25) is 9.78 Å². The van der Waals surface area contributed by atoms with Crippen molar-refractivity contribution in [1.29, 1.82) is 0 Å². The summed E-state index contributed by atoms with van der Waals surface area (Å²) in [4.78, 5) is 22.9. The average molecular weight is 561 g/mol. The molecule has 4 rings (SSSR count). The number of aromatic nitrogens is 2. The lowest BCUT2D eigenvalue weighted by Gasteiger charge is -2.36. The number of carbonyl (C=O) groups is 1. The first kappa shape index (κ1) is 29.6. The number of thiazole rings is 1. The van der Waals surface area contributed by atoms with E-state index in [1.54, 1.807) is 42.6 Å². The van der Waals surface area contributed by atoms with Crippen LogP contribution in [0.3, 0.4) is 0 Å². The standard InChI is InChI=1S/C24H29N3O4S2.2ClH/c1-31-17-3-4-21-19(14-17)18(6-8-25-21)22(28)5-2-16-7-10-27(15-20(16)23(29)30)11-13-33-24-26-9-12-32-24;;/h3-4,6,8-9,12,14,16,20,22,28H,2,5,7,10-11,13,15H2,1H3,(H,29,30);2*1H/t16-,20+,22-;;/m1../s1. The fraction of sp³-hybridized carbons (Fsp3) is 0.458. The molecule has 2 N–H and O–H groups in total. The van der Waals surface area contributed by atoms with Gasteiger partial charge in [-0.1, -0.05) is 11.8 Å². The molecule has 1 saturated heterocycles. The maximum Gasteiger partial charge on any atom is 0.308 e. The number of rotatable bonds is 10. The molecule has 1 aliphatic rings. The summed E-state index contributed by atoms with van der Waals surface area (Å²) in [5, 5.41) is 23.7. The SMILES string of the molecule is COc1ccc2nccc([C@H](O)CC[C@@H]3CCN(CCSc4nccs4)C[C@@H]3C(=O)O)c2c1.Cl.Cl. The Morgan fingerprint density at radius 3 is 2.83 bits per heavy atom. The maximum absolute atomic E-state index is 12.0. The van der Waals surface area contributed by atoms with Gasteiger partial charge in [0.05, 0.1) is 24.6 Å². The van der Waals surface area contributed by atoms with Crippen molar-refractivity contribution in [1.82, 2.24) is 14.9 Å². The van der Waals surface area contributed by atoms with Crippen molar-refractivity contribution in [2.24, 2.45) is 11.8 Å². The van der Waals surface area contributed by atoms with Crippen LogP contribution in [0.15, 0.2) is 46.4 Å². The van der Waals surface area contributed by atoms with Gasteiger partial charge in [0.15, 0.2) is 0 Å². The van der Waals surface area contributed by atoms with E-state index in [0.29, 0.717) is 19.4 Å². The number of carboxylic acid groups (broad SMARTS) is 1. The van der Waals surface area contributed by atoms with E-state index >= 15 is 0 Å². The number of aliphatic hydroxyl groups is 1. The van der Waals surface area contributed by atoms with Gasteiger partial charge in [0.1, 0.15) is 10.1 Å². The molecule has 3 aromatic rings. The maximum atomic E-state index is 12.0. The van der Waals surface area contributed by atoms with Crippen LogP contribution in [0.1, 0.15) is 30.9 Å². The largest absolute Gasteiger partial charge is 0.497 e. The fourth-order valence-electron chi connectivity index (χ4n) is 4.53. The van der Waals surface area contributed by atoms with Crippen LogP contribution in [-0.4, -0.2) is 63.5 Å². The molecule has 0 unspecified atom stereocenters. The minimum atomic E-state index is -0.745. The fourth-order valence-corrected chi connectivity index (χ4v) is 6.24. The average Bonchev–Trinajstić information content (AvgIpc) is 3.35. The molecule has 192 valence electrons. The highest BCUT2D eigenvalue weighted by Crippen LogP contribution is 2.34. The molecule has 35 heavy (non-hydrogen) atoms. The van der Waals surface area contributed by atoms with Crippen LogP contribution in [-0.2, 0) is 4.79 Å². The Balaban J connectivity index is 0.00000216. The minimum Gasteiger partial charge on any atom is -0.497 e. The zero-order valence-corrected chi connectivity index (χ0v) is 22.7. The summed E-state index contributed by atoms with van der Waals surface area (Å²) in [6.07, 6.45) is 4.85. The van der Waals surface area contributed by atoms with E-state index in [1.807, 2.05) is 29.6 Å². The molecule has 1 aromatic carbocycles. The number of pyridine rings is 1. The molecule has 1 fully saturated rings. The van der Waals surface area contributed by atoms with Crippen molar-refractivity contribution >= 4 is 64.8 Å². The zero-order chi connectivity index (χ0) is 23.2. The Kier molecular flexibility index (Phi) is 12.0. The highest BCUT2D eigenvalue weighted by atomic mass is 35.5. The number of carboxylic acids is 1. The van der Waals surface area contributed by atoms with Crippen molar-refractivity contribution in [2.45, 2.75) is 29.7 Å². The van der Waals surface area contributed by atoms with Crippen molar-refractivity contribution in [3.63, 3.8) is 0 Å². The van der Waals surface area contributed by atoms with Crippen LogP contribution in [0.4, 0.5) is 0 Å². The number of halogens is 2. The van der Waals surface area contributed by atoms with E-state index < -0.39 is 18.0 Å². The topological polar surface area (TPSA) is 95.8 Å². The van der Waals surface area contributed by atoms with Gasteiger partial charge in [-0.2, -0.15) is 0 Å². The predicted molar refractivity (Wildman–Crippen MR) is 145 cm³/mol. The summed E-state index contributed by atoms with van der Waals surface area (Å²) in [6, 6.07) is 7.46. The summed E-state index contributed by atoms with van der Waals surface area (Å²) in [5.74, 6) is 0.524. The highest BCUT2D eigenvalue weighted by molar-refractivity contribution is 8.01. The molecule has 11 heteroatoms. The molecule has 7 nitrogen and oxygen atoms in total. The van der Waals surface area contributed by atoms with Crippen LogP contribution in [0, 0.1) is 11.8 Å². The second kappa shape index (κ2) is 14.2. The number of piperidine rings is 1. The smallest absolute Gasteiger partial charge is 0.308 e. The van der Waals surface area contributed by atoms with Gasteiger partial charge < -0.3 is 19.8 Å². The Morgan fingerprint density at radius 1 is 1.29 bits per heavy atom. The molecule has 0 spiro atoms. The first-order valence-corrected chi connectivity index (χ1v) is 13.0. The third-order valence-electron chi connectivity index (χ3n) is 6.35. The Bertz CT molecular complexity index is 1070. The minimum absolute atomic E-state index is 0. The number of benzene rings is 1. The van der Waals surface area contributed by atoms with Crippen molar-refractivity contribution in [3.05, 3.63) is 47.6 Å². The number of hydrogen-bond donors (Lipinski definition) is 2. The third kappa shape index (κ3) is 7.68. The molecule has 0 radical (unpaired) electrons. The van der Waals surface area contributed by atoms with E-state index in [-0.39, 0.29) is 30.7 Å². The summed E-state index contributed by atoms with van der Waals surface area (Å²) in [5.41, 5.74) is 1.61. The monoisotopic (exact) mass is 559 g/mol. The quantitative estimate of drug-likeness (QED) is 0.328. The number of aliphatic carboxylic acids is 1. The number of hydrogen-bond acceptors (Lipinski definition) is 8. The van der Waals surface area contributed by atoms with Gasteiger partial charge in [-0.05, 0) is 61.6 Å². The van der Waals surface area contributed by atoms with Crippen LogP contribution in [0.5, 0.6) is 5.75 Å². The zero-order valence-electron chi connectivity index (χ0n) is 19.4. The lowest BCUT2D eigenvalue weighted by Crippen LogP contribution is -2.44. The highest BCUT2D eigenvalue weighted by Gasteiger charge is 2.34. The molecule has 0 amide bonds. The molecule has 0 saturated carbocycles. The summed E-state index contributed by atoms with van der Waals surface area (Å²) < 4.78 is 6.38. The van der Waals surface area contributed by atoms with Gasteiger partial charge in [0, 0.05) is 42.0 Å². The van der Waals surface area contributed by atoms with Crippen molar-refractivity contribution in [2.75, 3.05) is 32.5 Å². The van der Waals surface area contributed by atoms with Crippen LogP contribution in [0.25, 0.3) is 10.9 Å². The van der Waals surface area contributed by atoms with Crippen LogP contribution in [0.2, 0.25) is 0 Å². The first-order chi connectivity index (χ1) is 16.0. The summed E-state index contributed by atoms with van der Waals surface area (Å²) >= 11 is 3.35. The van der Waals surface area contributed by atoms with Gasteiger partial charge in [-0.25, -0.2) is 4.98 Å². The number of fused-ring (bicyclic) bond motifs is 1. The third-order valence-corrected chi connectivity index (χ3v) is 8.30. The van der Waals surface area contributed by atoms with E-state index in [2.05, 4.69) is 14.9 Å². The van der Waals surface area contributed by atoms with E-state index in [0.717, 1.165) is 51.8 Å². The molecule has 2 aromatic heterocycles. The Labute approximate surface area is 226 Å². The van der Waals surface area contributed by atoms with Crippen LogP contribution < -0.4 is 4.74 Å². The number of likely N-dealkylation sites (tertiary alicyclic amines) is 1. The van der Waals surface area contributed by atoms with Gasteiger partial charge in [0.2, 0.25) is 0 Å². The second-order valence-electron chi connectivity index (χ2n) is 8.32. The van der Waals surface area contributed by atoms with E-state index in [1.165, 1.54) is 0 Å². The molecular weight excluding hydrogens is 529 g/mol. The Hall–Kier alpha value is -1.62. The lowest BCUT2D eigenvalue weighted by atomic mass is 9.81. The van der Waals surface area contributed by atoms with Gasteiger partial charge in [-0.15, -0.1) is 36.2 Å². The number of nitrogens with zero attached hydrogens (tertiary/aromatic N) is 3. The molecule has 0 bridgehead atoms. The number of thioether (sulfide) groups is 1. The summed E-state index contributed by atoms with van der Waals surface area (Å²) in [6.45, 7) is 2.30. The second-order valence-corrected chi connectivity index (χ2v) is 10.6. The number of aliphatic hydroxyl groups excluding tert-OH is 1. The van der Waals surface area contributed by atoms with Gasteiger partial charge in [0.25, 0.3) is 0 Å². The van der Waals surface area contributed by atoms with E-state index in [9.17, 15) is 15.0 Å². The number of ether oxygens (including phenoxy) is 1. The van der Waals surface area contributed by atoms with Crippen molar-refractivity contribution < 1.29 is 19.7 Å².